The van der Waals surface area contributed by atoms with Gasteiger partial charge in [0.05, 0.1) is 11.4 Å². The molecule has 1 aromatic carbocycles. The summed E-state index contributed by atoms with van der Waals surface area (Å²) >= 11 is 3.67. The Morgan fingerprint density at radius 3 is 2.81 bits per heavy atom. The lowest BCUT2D eigenvalue weighted by molar-refractivity contribution is 0.576. The molecule has 1 aliphatic rings. The maximum absolute atomic E-state index is 11.3. The minimum Gasteiger partial charge on any atom is -0.361 e. The number of unbranched alkanes of at least 4 members (excludes halogenated alkanes) is 2. The fraction of sp³-hybridized carbons (Fsp3) is 0.500. The van der Waals surface area contributed by atoms with Gasteiger partial charge >= 0.3 is 0 Å². The van der Waals surface area contributed by atoms with E-state index in [-0.39, 0.29) is 5.75 Å². The van der Waals surface area contributed by atoms with Crippen LogP contribution in [0.4, 0.5) is 5.13 Å². The Morgan fingerprint density at radius 1 is 1.15 bits per heavy atom. The quantitative estimate of drug-likeness (QED) is 0.611. The molecule has 1 aromatic heterocycles. The molecule has 0 saturated heterocycles. The van der Waals surface area contributed by atoms with Crippen LogP contribution < -0.4 is 10.0 Å². The van der Waals surface area contributed by atoms with E-state index >= 15 is 0 Å². The smallest absolute Gasteiger partial charge is 0.211 e. The number of rotatable bonds is 9. The number of thioether (sulfide) groups is 1. The molecule has 0 aliphatic carbocycles. The van der Waals surface area contributed by atoms with E-state index in [2.05, 4.69) is 34.3 Å². The number of sulfonamides is 1. The second-order valence-corrected chi connectivity index (χ2v) is 10.5. The van der Waals surface area contributed by atoms with E-state index in [1.54, 1.807) is 18.3 Å². The standard InChI is InChI=1S/C18H25N3O2S3/c1-2-26(22,23)20-12-7-3-6-11-19-18-21-17-14-8-4-5-9-15(14)24-13-10-16(17)25-18/h4-5,8-9,20H,2-3,6-7,10-13H2,1H3,(H,19,21). The molecule has 5 nitrogen and oxygen atoms in total. The second-order valence-electron chi connectivity index (χ2n) is 6.17. The zero-order chi connectivity index (χ0) is 18.4. The van der Waals surface area contributed by atoms with Gasteiger partial charge in [0.1, 0.15) is 0 Å². The van der Waals surface area contributed by atoms with Gasteiger partial charge in [-0.1, -0.05) is 24.6 Å². The van der Waals surface area contributed by atoms with Crippen LogP contribution in [0.15, 0.2) is 29.2 Å². The molecule has 0 saturated carbocycles. The van der Waals surface area contributed by atoms with E-state index < -0.39 is 10.0 Å². The van der Waals surface area contributed by atoms with Gasteiger partial charge in [0.2, 0.25) is 10.0 Å². The zero-order valence-electron chi connectivity index (χ0n) is 15.0. The van der Waals surface area contributed by atoms with Crippen LogP contribution in [0, 0.1) is 0 Å². The Morgan fingerprint density at radius 2 is 1.96 bits per heavy atom. The number of anilines is 1. The molecule has 2 heterocycles. The lowest BCUT2D eigenvalue weighted by atomic mass is 10.1. The van der Waals surface area contributed by atoms with E-state index in [1.165, 1.54) is 15.3 Å². The summed E-state index contributed by atoms with van der Waals surface area (Å²) in [7, 11) is -3.06. The first-order chi connectivity index (χ1) is 12.6. The van der Waals surface area contributed by atoms with Crippen LogP contribution in [0.25, 0.3) is 11.3 Å². The predicted molar refractivity (Wildman–Crippen MR) is 112 cm³/mol. The molecule has 0 fully saturated rings. The first kappa shape index (κ1) is 19.7. The normalized spacial score (nSPS) is 13.7. The maximum atomic E-state index is 11.3. The molecule has 0 amide bonds. The third-order valence-corrected chi connectivity index (χ3v) is 7.81. The third kappa shape index (κ3) is 5.22. The zero-order valence-corrected chi connectivity index (χ0v) is 17.4. The van der Waals surface area contributed by atoms with Gasteiger partial charge in [-0.25, -0.2) is 18.1 Å². The predicted octanol–water partition coefficient (Wildman–Crippen LogP) is 3.98. The van der Waals surface area contributed by atoms with Crippen molar-refractivity contribution in [2.45, 2.75) is 37.5 Å². The molecule has 0 unspecified atom stereocenters. The highest BCUT2D eigenvalue weighted by molar-refractivity contribution is 7.99. The molecule has 0 bridgehead atoms. The first-order valence-electron chi connectivity index (χ1n) is 9.02. The Hall–Kier alpha value is -1.09. The van der Waals surface area contributed by atoms with Crippen molar-refractivity contribution in [1.82, 2.24) is 9.71 Å². The number of nitrogens with one attached hydrogen (secondary N) is 2. The summed E-state index contributed by atoms with van der Waals surface area (Å²) in [4.78, 5) is 7.51. The first-order valence-corrected chi connectivity index (χ1v) is 12.5. The van der Waals surface area contributed by atoms with Gasteiger partial charge in [0, 0.05) is 34.2 Å². The van der Waals surface area contributed by atoms with Crippen LogP contribution in [0.3, 0.4) is 0 Å². The summed E-state index contributed by atoms with van der Waals surface area (Å²) in [5.74, 6) is 1.24. The van der Waals surface area contributed by atoms with Crippen molar-refractivity contribution in [1.29, 1.82) is 0 Å². The second kappa shape index (κ2) is 9.21. The number of aryl methyl sites for hydroxylation is 1. The Labute approximate surface area is 164 Å². The number of benzene rings is 1. The topological polar surface area (TPSA) is 71.1 Å². The van der Waals surface area contributed by atoms with E-state index in [0.29, 0.717) is 6.54 Å². The highest BCUT2D eigenvalue weighted by Gasteiger charge is 2.19. The van der Waals surface area contributed by atoms with Crippen LogP contribution in [-0.4, -0.2) is 38.0 Å². The minimum absolute atomic E-state index is 0.144. The summed E-state index contributed by atoms with van der Waals surface area (Å²) in [6.07, 6.45) is 3.92. The average Bonchev–Trinajstić information content (AvgIpc) is 2.96. The molecule has 2 N–H and O–H groups in total. The molecule has 1 aliphatic heterocycles. The monoisotopic (exact) mass is 411 g/mol. The van der Waals surface area contributed by atoms with E-state index in [1.807, 2.05) is 11.8 Å². The molecular formula is C18H25N3O2S3. The molecule has 26 heavy (non-hydrogen) atoms. The fourth-order valence-electron chi connectivity index (χ4n) is 2.80. The number of aromatic nitrogens is 1. The van der Waals surface area contributed by atoms with Gasteiger partial charge in [-0.05, 0) is 32.3 Å². The van der Waals surface area contributed by atoms with Crippen molar-refractivity contribution in [2.24, 2.45) is 0 Å². The highest BCUT2D eigenvalue weighted by Crippen LogP contribution is 2.40. The molecule has 8 heteroatoms. The Balaban J connectivity index is 1.47. The van der Waals surface area contributed by atoms with Crippen LogP contribution in [0.2, 0.25) is 0 Å². The van der Waals surface area contributed by atoms with Crippen molar-refractivity contribution in [2.75, 3.05) is 29.9 Å². The number of nitrogens with zero attached hydrogens (tertiary/aromatic N) is 1. The fourth-order valence-corrected chi connectivity index (χ4v) is 5.61. The lowest BCUT2D eigenvalue weighted by Crippen LogP contribution is -2.26. The maximum Gasteiger partial charge on any atom is 0.211 e. The molecule has 3 rings (SSSR count). The van der Waals surface area contributed by atoms with Gasteiger partial charge in [0.15, 0.2) is 5.13 Å². The average molecular weight is 412 g/mol. The van der Waals surface area contributed by atoms with Crippen molar-refractivity contribution in [3.05, 3.63) is 29.1 Å². The van der Waals surface area contributed by atoms with Gasteiger partial charge < -0.3 is 5.32 Å². The van der Waals surface area contributed by atoms with Crippen molar-refractivity contribution < 1.29 is 8.42 Å². The number of fused-ring (bicyclic) bond motifs is 3. The van der Waals surface area contributed by atoms with Crippen LogP contribution in [0.1, 0.15) is 31.1 Å². The molecular weight excluding hydrogens is 386 g/mol. The van der Waals surface area contributed by atoms with E-state index in [0.717, 1.165) is 48.8 Å². The van der Waals surface area contributed by atoms with Crippen molar-refractivity contribution in [3.8, 4) is 11.3 Å². The van der Waals surface area contributed by atoms with Crippen LogP contribution in [-0.2, 0) is 16.4 Å². The number of thiazole rings is 1. The molecule has 2 aromatic rings. The van der Waals surface area contributed by atoms with E-state index in [4.69, 9.17) is 4.98 Å². The number of hydrogen-bond acceptors (Lipinski definition) is 6. The van der Waals surface area contributed by atoms with E-state index in [9.17, 15) is 8.42 Å². The molecule has 142 valence electrons. The highest BCUT2D eigenvalue weighted by atomic mass is 32.2. The summed E-state index contributed by atoms with van der Waals surface area (Å²) in [5, 5.41) is 4.42. The van der Waals surface area contributed by atoms with Gasteiger partial charge in [-0.3, -0.25) is 0 Å². The Bertz CT molecular complexity index is 834. The molecule has 0 atom stereocenters. The molecule has 0 radical (unpaired) electrons. The largest absolute Gasteiger partial charge is 0.361 e. The summed E-state index contributed by atoms with van der Waals surface area (Å²) in [6, 6.07) is 8.50. The molecule has 0 spiro atoms. The Kier molecular flexibility index (Phi) is 6.97. The number of hydrogen-bond donors (Lipinski definition) is 2. The van der Waals surface area contributed by atoms with Gasteiger partial charge in [-0.2, -0.15) is 0 Å². The van der Waals surface area contributed by atoms with Crippen molar-refractivity contribution >= 4 is 38.3 Å². The van der Waals surface area contributed by atoms with Crippen LogP contribution >= 0.6 is 23.1 Å². The van der Waals surface area contributed by atoms with Gasteiger partial charge in [0.25, 0.3) is 0 Å². The van der Waals surface area contributed by atoms with Crippen molar-refractivity contribution in [3.63, 3.8) is 0 Å². The van der Waals surface area contributed by atoms with Gasteiger partial charge in [-0.15, -0.1) is 23.1 Å². The SMILES string of the molecule is CCS(=O)(=O)NCCCCCNc1nc2c(s1)CCSc1ccccc1-2. The minimum atomic E-state index is -3.06. The lowest BCUT2D eigenvalue weighted by Gasteiger charge is -2.05. The summed E-state index contributed by atoms with van der Waals surface area (Å²) in [5.41, 5.74) is 2.38. The summed E-state index contributed by atoms with van der Waals surface area (Å²) in [6.45, 7) is 3.04. The summed E-state index contributed by atoms with van der Waals surface area (Å²) < 4.78 is 25.3. The third-order valence-electron chi connectivity index (χ3n) is 4.26. The van der Waals surface area contributed by atoms with Crippen LogP contribution in [0.5, 0.6) is 0 Å².